The predicted octanol–water partition coefficient (Wildman–Crippen LogP) is 1.76. The number of nitrogens with one attached hydrogen (secondary N) is 1. The fourth-order valence-corrected chi connectivity index (χ4v) is 2.31. The van der Waals surface area contributed by atoms with E-state index in [9.17, 15) is 9.90 Å². The molecule has 8 nitrogen and oxygen atoms in total. The molecule has 0 radical (unpaired) electrons. The van der Waals surface area contributed by atoms with Crippen LogP contribution in [0.4, 0.5) is 5.69 Å². The average Bonchev–Trinajstić information content (AvgIpc) is 2.92. The molecule has 2 N–H and O–H groups in total. The molecule has 0 atom stereocenters. The molecule has 2 aromatic rings. The molecule has 1 aromatic carbocycles. The number of aryl methyl sites for hydroxylation is 1. The maximum absolute atomic E-state index is 11.3. The van der Waals surface area contributed by atoms with Crippen LogP contribution in [-0.2, 0) is 13.6 Å². The van der Waals surface area contributed by atoms with Crippen molar-refractivity contribution in [2.45, 2.75) is 6.54 Å². The third-order valence-corrected chi connectivity index (χ3v) is 3.40. The normalized spacial score (nSPS) is 10.3. The molecule has 2 rings (SSSR count). The molecule has 8 heteroatoms. The highest BCUT2D eigenvalue weighted by molar-refractivity contribution is 5.92. The van der Waals surface area contributed by atoms with Crippen molar-refractivity contribution >= 4 is 11.7 Å². The van der Waals surface area contributed by atoms with Gasteiger partial charge in [-0.05, 0) is 12.1 Å². The zero-order chi connectivity index (χ0) is 17.0. The Morgan fingerprint density at radius 2 is 1.91 bits per heavy atom. The van der Waals surface area contributed by atoms with E-state index in [4.69, 9.17) is 14.2 Å². The summed E-state index contributed by atoms with van der Waals surface area (Å²) in [6, 6.07) is 3.59. The minimum absolute atomic E-state index is 0.0874. The van der Waals surface area contributed by atoms with E-state index >= 15 is 0 Å². The number of aromatic carboxylic acids is 1. The number of hydrogen-bond acceptors (Lipinski definition) is 6. The van der Waals surface area contributed by atoms with E-state index in [1.54, 1.807) is 20.2 Å². The Kier molecular flexibility index (Phi) is 4.95. The summed E-state index contributed by atoms with van der Waals surface area (Å²) >= 11 is 0. The molecule has 0 saturated carbocycles. The number of methoxy groups -OCH3 is 3. The number of rotatable bonds is 7. The van der Waals surface area contributed by atoms with Crippen LogP contribution in [0.2, 0.25) is 0 Å². The molecule has 0 amide bonds. The first kappa shape index (κ1) is 16.5. The van der Waals surface area contributed by atoms with Crippen LogP contribution in [-0.4, -0.2) is 42.2 Å². The highest BCUT2D eigenvalue weighted by Gasteiger charge is 2.18. The maximum Gasteiger partial charge on any atom is 0.356 e. The van der Waals surface area contributed by atoms with Gasteiger partial charge in [0, 0.05) is 19.2 Å². The summed E-state index contributed by atoms with van der Waals surface area (Å²) in [4.78, 5) is 11.3. The Hall–Kier alpha value is -2.90. The first-order valence-electron chi connectivity index (χ1n) is 6.80. The van der Waals surface area contributed by atoms with E-state index in [0.29, 0.717) is 29.5 Å². The van der Waals surface area contributed by atoms with E-state index in [1.165, 1.54) is 25.1 Å². The fraction of sp³-hybridized carbons (Fsp3) is 0.333. The number of carboxylic acids is 1. The summed E-state index contributed by atoms with van der Waals surface area (Å²) in [6.45, 7) is 0.343. The molecule has 1 heterocycles. The maximum atomic E-state index is 11.3. The lowest BCUT2D eigenvalue weighted by Crippen LogP contribution is -2.10. The number of benzene rings is 1. The number of hydrogen-bond donors (Lipinski definition) is 2. The molecular weight excluding hydrogens is 302 g/mol. The van der Waals surface area contributed by atoms with E-state index in [2.05, 4.69) is 10.4 Å². The third-order valence-electron chi connectivity index (χ3n) is 3.40. The van der Waals surface area contributed by atoms with Crippen molar-refractivity contribution in [3.63, 3.8) is 0 Å². The smallest absolute Gasteiger partial charge is 0.356 e. The second-order valence-electron chi connectivity index (χ2n) is 4.68. The lowest BCUT2D eigenvalue weighted by Gasteiger charge is -2.16. The van der Waals surface area contributed by atoms with Gasteiger partial charge in [0.2, 0.25) is 5.75 Å². The summed E-state index contributed by atoms with van der Waals surface area (Å²) in [5.74, 6) is 0.520. The molecule has 0 aliphatic carbocycles. The number of nitrogens with zero attached hydrogens (tertiary/aromatic N) is 2. The summed E-state index contributed by atoms with van der Waals surface area (Å²) < 4.78 is 17.3. The van der Waals surface area contributed by atoms with Gasteiger partial charge in [-0.15, -0.1) is 0 Å². The second kappa shape index (κ2) is 6.91. The standard InChI is InChI=1S/C15H19N3O5/c1-18-12(15(19)20)10(8-17-18)16-7-9-5-6-11(21-2)14(23-4)13(9)22-3/h5-6,8,16H,7H2,1-4H3,(H,19,20). The van der Waals surface area contributed by atoms with Crippen LogP contribution in [0, 0.1) is 0 Å². The molecule has 0 saturated heterocycles. The Morgan fingerprint density at radius 3 is 2.48 bits per heavy atom. The lowest BCUT2D eigenvalue weighted by molar-refractivity contribution is 0.0686. The van der Waals surface area contributed by atoms with Gasteiger partial charge in [-0.1, -0.05) is 0 Å². The van der Waals surface area contributed by atoms with Gasteiger partial charge in [-0.2, -0.15) is 5.10 Å². The van der Waals surface area contributed by atoms with Gasteiger partial charge < -0.3 is 24.6 Å². The highest BCUT2D eigenvalue weighted by atomic mass is 16.5. The Balaban J connectivity index is 2.29. The van der Waals surface area contributed by atoms with Crippen LogP contribution in [0.15, 0.2) is 18.3 Å². The molecular formula is C15H19N3O5. The van der Waals surface area contributed by atoms with Crippen LogP contribution in [0.1, 0.15) is 16.1 Å². The summed E-state index contributed by atoms with van der Waals surface area (Å²) in [6.07, 6.45) is 1.47. The van der Waals surface area contributed by atoms with Gasteiger partial charge >= 0.3 is 5.97 Å². The van der Waals surface area contributed by atoms with Gasteiger partial charge in [0.15, 0.2) is 17.2 Å². The molecule has 0 bridgehead atoms. The first-order valence-corrected chi connectivity index (χ1v) is 6.80. The number of carboxylic acid groups (broad SMARTS) is 1. The van der Waals surface area contributed by atoms with Crippen molar-refractivity contribution in [1.29, 1.82) is 0 Å². The zero-order valence-corrected chi connectivity index (χ0v) is 13.4. The Bertz CT molecular complexity index is 711. The molecule has 0 unspecified atom stereocenters. The monoisotopic (exact) mass is 321 g/mol. The molecule has 1 aromatic heterocycles. The van der Waals surface area contributed by atoms with Gasteiger partial charge in [0.1, 0.15) is 0 Å². The van der Waals surface area contributed by atoms with Crippen LogP contribution < -0.4 is 19.5 Å². The first-order chi connectivity index (χ1) is 11.0. The Labute approximate surface area is 133 Å². The van der Waals surface area contributed by atoms with Gasteiger partial charge in [0.05, 0.1) is 33.2 Å². The Morgan fingerprint density at radius 1 is 1.22 bits per heavy atom. The third kappa shape index (κ3) is 3.15. The van der Waals surface area contributed by atoms with E-state index < -0.39 is 5.97 Å². The molecule has 0 spiro atoms. The summed E-state index contributed by atoms with van der Waals surface area (Å²) in [5, 5.41) is 16.2. The van der Waals surface area contributed by atoms with Gasteiger partial charge in [-0.25, -0.2) is 4.79 Å². The van der Waals surface area contributed by atoms with E-state index in [1.807, 2.05) is 6.07 Å². The van der Waals surface area contributed by atoms with Crippen LogP contribution in [0.25, 0.3) is 0 Å². The molecule has 23 heavy (non-hydrogen) atoms. The quantitative estimate of drug-likeness (QED) is 0.802. The van der Waals surface area contributed by atoms with Crippen LogP contribution in [0.3, 0.4) is 0 Å². The highest BCUT2D eigenvalue weighted by Crippen LogP contribution is 2.39. The summed E-state index contributed by atoms with van der Waals surface area (Å²) in [5.41, 5.74) is 1.31. The average molecular weight is 321 g/mol. The van der Waals surface area contributed by atoms with Crippen molar-refractivity contribution in [2.75, 3.05) is 26.6 Å². The largest absolute Gasteiger partial charge is 0.493 e. The zero-order valence-electron chi connectivity index (χ0n) is 13.4. The van der Waals surface area contributed by atoms with Crippen molar-refractivity contribution < 1.29 is 24.1 Å². The SMILES string of the molecule is COc1ccc(CNc2cnn(C)c2C(=O)O)c(OC)c1OC. The lowest BCUT2D eigenvalue weighted by atomic mass is 10.1. The second-order valence-corrected chi connectivity index (χ2v) is 4.68. The topological polar surface area (TPSA) is 94.8 Å². The fourth-order valence-electron chi connectivity index (χ4n) is 2.31. The number of aromatic nitrogens is 2. The minimum atomic E-state index is -1.05. The van der Waals surface area contributed by atoms with Gasteiger partial charge in [-0.3, -0.25) is 4.68 Å². The van der Waals surface area contributed by atoms with Crippen molar-refractivity contribution in [3.05, 3.63) is 29.6 Å². The molecule has 0 fully saturated rings. The number of carbonyl (C=O) groups is 1. The minimum Gasteiger partial charge on any atom is -0.493 e. The van der Waals surface area contributed by atoms with E-state index in [0.717, 1.165) is 5.56 Å². The van der Waals surface area contributed by atoms with E-state index in [-0.39, 0.29) is 5.69 Å². The van der Waals surface area contributed by atoms with Crippen LogP contribution >= 0.6 is 0 Å². The van der Waals surface area contributed by atoms with Crippen molar-refractivity contribution in [2.24, 2.45) is 7.05 Å². The van der Waals surface area contributed by atoms with Crippen LogP contribution in [0.5, 0.6) is 17.2 Å². The van der Waals surface area contributed by atoms with Gasteiger partial charge in [0.25, 0.3) is 0 Å². The number of ether oxygens (including phenoxy) is 3. The van der Waals surface area contributed by atoms with Crippen molar-refractivity contribution in [1.82, 2.24) is 9.78 Å². The summed E-state index contributed by atoms with van der Waals surface area (Å²) in [7, 11) is 6.18. The molecule has 0 aliphatic rings. The molecule has 124 valence electrons. The van der Waals surface area contributed by atoms with Crippen molar-refractivity contribution in [3.8, 4) is 17.2 Å². The predicted molar refractivity (Wildman–Crippen MR) is 83.6 cm³/mol. The number of anilines is 1. The molecule has 0 aliphatic heterocycles.